The Balaban J connectivity index is 1.70. The van der Waals surface area contributed by atoms with Crippen LogP contribution in [0.2, 0.25) is 0 Å². The fraction of sp³-hybridized carbons (Fsp3) is 1.00. The Morgan fingerprint density at radius 3 is 2.30 bits per heavy atom. The van der Waals surface area contributed by atoms with Gasteiger partial charge in [-0.1, -0.05) is 12.8 Å². The second-order valence-electron chi connectivity index (χ2n) is 4.59. The highest BCUT2D eigenvalue weighted by molar-refractivity contribution is 4.99. The Kier molecular flexibility index (Phi) is 1.00. The molecule has 0 N–H and O–H groups in total. The van der Waals surface area contributed by atoms with Crippen molar-refractivity contribution in [1.82, 2.24) is 0 Å². The first-order chi connectivity index (χ1) is 4.95. The van der Waals surface area contributed by atoms with Crippen LogP contribution >= 0.6 is 0 Å². The molecule has 0 aliphatic heterocycles. The summed E-state index contributed by atoms with van der Waals surface area (Å²) in [7, 11) is 0. The van der Waals surface area contributed by atoms with Gasteiger partial charge in [0.25, 0.3) is 0 Å². The van der Waals surface area contributed by atoms with Crippen molar-refractivity contribution in [3.05, 3.63) is 0 Å². The lowest BCUT2D eigenvalue weighted by Crippen LogP contribution is -2.33. The Morgan fingerprint density at radius 2 is 1.60 bits per heavy atom. The Hall–Kier alpha value is 0. The van der Waals surface area contributed by atoms with Crippen molar-refractivity contribution < 1.29 is 0 Å². The van der Waals surface area contributed by atoms with Gasteiger partial charge < -0.3 is 0 Å². The van der Waals surface area contributed by atoms with Crippen LogP contribution in [0.3, 0.4) is 0 Å². The summed E-state index contributed by atoms with van der Waals surface area (Å²) in [6.07, 6.45) is 9.50. The van der Waals surface area contributed by atoms with E-state index in [2.05, 4.69) is 0 Å². The number of fused-ring (bicyclic) bond motifs is 1. The molecule has 10 heavy (non-hydrogen) atoms. The van der Waals surface area contributed by atoms with Crippen LogP contribution < -0.4 is 0 Å². The molecule has 56 valence electrons. The summed E-state index contributed by atoms with van der Waals surface area (Å²) >= 11 is 0. The minimum absolute atomic E-state index is 1.20. The number of rotatable bonds is 1. The van der Waals surface area contributed by atoms with Crippen molar-refractivity contribution in [2.75, 3.05) is 0 Å². The van der Waals surface area contributed by atoms with E-state index in [1.807, 2.05) is 0 Å². The van der Waals surface area contributed by atoms with E-state index in [-0.39, 0.29) is 0 Å². The van der Waals surface area contributed by atoms with Gasteiger partial charge in [0.05, 0.1) is 0 Å². The zero-order valence-corrected chi connectivity index (χ0v) is 6.55. The predicted molar refractivity (Wildman–Crippen MR) is 41.7 cm³/mol. The maximum Gasteiger partial charge on any atom is -0.0352 e. The fourth-order valence-electron chi connectivity index (χ4n) is 3.32. The molecule has 3 unspecified atom stereocenters. The number of hydrogen-bond acceptors (Lipinski definition) is 0. The lowest BCUT2D eigenvalue weighted by Gasteiger charge is -2.41. The summed E-state index contributed by atoms with van der Waals surface area (Å²) < 4.78 is 0. The van der Waals surface area contributed by atoms with Crippen molar-refractivity contribution in [2.45, 2.75) is 38.5 Å². The third kappa shape index (κ3) is 0.627. The highest BCUT2D eigenvalue weighted by Gasteiger charge is 2.49. The second kappa shape index (κ2) is 1.78. The lowest BCUT2D eigenvalue weighted by atomic mass is 9.64. The van der Waals surface area contributed by atoms with E-state index in [1.165, 1.54) is 23.7 Å². The zero-order valence-electron chi connectivity index (χ0n) is 6.55. The summed E-state index contributed by atoms with van der Waals surface area (Å²) in [5.74, 6) is 4.84. The molecule has 0 nitrogen and oxygen atoms in total. The molecule has 0 heteroatoms. The Labute approximate surface area is 63.0 Å². The molecule has 3 atom stereocenters. The van der Waals surface area contributed by atoms with Crippen LogP contribution in [0.4, 0.5) is 0 Å². The van der Waals surface area contributed by atoms with Gasteiger partial charge in [-0.3, -0.25) is 0 Å². The molecule has 0 spiro atoms. The first-order valence-electron chi connectivity index (χ1n) is 4.95. The monoisotopic (exact) mass is 136 g/mol. The largest absolute Gasteiger partial charge is 0.0527 e. The molecule has 0 amide bonds. The van der Waals surface area contributed by atoms with Crippen LogP contribution in [0.1, 0.15) is 38.5 Å². The normalized spacial score (nSPS) is 52.2. The Bertz CT molecular complexity index is 146. The molecule has 0 aromatic carbocycles. The van der Waals surface area contributed by atoms with Crippen LogP contribution in [0.15, 0.2) is 0 Å². The van der Waals surface area contributed by atoms with Crippen LogP contribution in [-0.2, 0) is 0 Å². The molecule has 3 aliphatic rings. The SMILES string of the molecule is C1CC2CC(C3CC3)C2C1. The van der Waals surface area contributed by atoms with Crippen LogP contribution in [0.25, 0.3) is 0 Å². The van der Waals surface area contributed by atoms with Gasteiger partial charge >= 0.3 is 0 Å². The van der Waals surface area contributed by atoms with Crippen molar-refractivity contribution in [3.8, 4) is 0 Å². The van der Waals surface area contributed by atoms with E-state index < -0.39 is 0 Å². The van der Waals surface area contributed by atoms with E-state index in [9.17, 15) is 0 Å². The molecule has 3 aliphatic carbocycles. The molecule has 0 aromatic heterocycles. The van der Waals surface area contributed by atoms with E-state index in [0.717, 1.165) is 0 Å². The van der Waals surface area contributed by atoms with Gasteiger partial charge in [-0.15, -0.1) is 0 Å². The van der Waals surface area contributed by atoms with Gasteiger partial charge in [0, 0.05) is 0 Å². The maximum atomic E-state index is 1.62. The van der Waals surface area contributed by atoms with Gasteiger partial charge in [0.15, 0.2) is 0 Å². The molecular weight excluding hydrogens is 120 g/mol. The van der Waals surface area contributed by atoms with Gasteiger partial charge in [0.2, 0.25) is 0 Å². The summed E-state index contributed by atoms with van der Waals surface area (Å²) in [4.78, 5) is 0. The van der Waals surface area contributed by atoms with E-state index in [0.29, 0.717) is 0 Å². The molecule has 3 fully saturated rings. The van der Waals surface area contributed by atoms with E-state index in [4.69, 9.17) is 0 Å². The summed E-state index contributed by atoms with van der Waals surface area (Å²) in [5.41, 5.74) is 0. The fourth-order valence-corrected chi connectivity index (χ4v) is 3.32. The van der Waals surface area contributed by atoms with Crippen LogP contribution in [-0.4, -0.2) is 0 Å². The van der Waals surface area contributed by atoms with E-state index >= 15 is 0 Å². The number of hydrogen-bond donors (Lipinski definition) is 0. The van der Waals surface area contributed by atoms with Gasteiger partial charge in [0.1, 0.15) is 0 Å². The lowest BCUT2D eigenvalue weighted by molar-refractivity contribution is 0.0833. The second-order valence-corrected chi connectivity index (χ2v) is 4.59. The van der Waals surface area contributed by atoms with Crippen molar-refractivity contribution in [3.63, 3.8) is 0 Å². The van der Waals surface area contributed by atoms with Gasteiger partial charge in [-0.2, -0.15) is 0 Å². The standard InChI is InChI=1S/C10H16/c1-2-8-6-10(7-4-5-7)9(8)3-1/h7-10H,1-6H2. The molecule has 0 radical (unpaired) electrons. The zero-order chi connectivity index (χ0) is 6.55. The highest BCUT2D eigenvalue weighted by atomic mass is 14.5. The average Bonchev–Trinajstić information content (AvgIpc) is 2.61. The first kappa shape index (κ1) is 5.62. The van der Waals surface area contributed by atoms with Crippen molar-refractivity contribution in [2.24, 2.45) is 23.7 Å². The van der Waals surface area contributed by atoms with Crippen LogP contribution in [0.5, 0.6) is 0 Å². The van der Waals surface area contributed by atoms with Gasteiger partial charge in [-0.25, -0.2) is 0 Å². The minimum Gasteiger partial charge on any atom is -0.0527 e. The third-order valence-corrected chi connectivity index (χ3v) is 4.07. The molecule has 0 aromatic rings. The van der Waals surface area contributed by atoms with Crippen molar-refractivity contribution >= 4 is 0 Å². The van der Waals surface area contributed by atoms with Crippen LogP contribution in [0, 0.1) is 23.7 Å². The first-order valence-corrected chi connectivity index (χ1v) is 4.95. The minimum atomic E-state index is 1.20. The Morgan fingerprint density at radius 1 is 0.700 bits per heavy atom. The molecule has 0 heterocycles. The average molecular weight is 136 g/mol. The topological polar surface area (TPSA) is 0 Å². The predicted octanol–water partition coefficient (Wildman–Crippen LogP) is 2.83. The third-order valence-electron chi connectivity index (χ3n) is 4.07. The molecule has 0 bridgehead atoms. The molecule has 0 saturated heterocycles. The maximum absolute atomic E-state index is 1.62. The summed E-state index contributed by atoms with van der Waals surface area (Å²) in [6, 6.07) is 0. The quantitative estimate of drug-likeness (QED) is 0.520. The van der Waals surface area contributed by atoms with Gasteiger partial charge in [-0.05, 0) is 49.4 Å². The van der Waals surface area contributed by atoms with Crippen molar-refractivity contribution in [1.29, 1.82) is 0 Å². The summed E-state index contributed by atoms with van der Waals surface area (Å²) in [6.45, 7) is 0. The molecular formula is C10H16. The smallest absolute Gasteiger partial charge is 0.0352 e. The molecule has 3 saturated carbocycles. The highest BCUT2D eigenvalue weighted by Crippen LogP contribution is 2.59. The summed E-state index contributed by atoms with van der Waals surface area (Å²) in [5, 5.41) is 0. The molecule has 3 rings (SSSR count). The van der Waals surface area contributed by atoms with E-state index in [1.54, 1.807) is 38.5 Å².